The van der Waals surface area contributed by atoms with Gasteiger partial charge in [0.2, 0.25) is 0 Å². The van der Waals surface area contributed by atoms with Gasteiger partial charge in [0.05, 0.1) is 6.20 Å². The highest BCUT2D eigenvalue weighted by molar-refractivity contribution is 5.20. The minimum Gasteiger partial charge on any atom is -0.338 e. The Hall–Kier alpha value is -1.83. The summed E-state index contributed by atoms with van der Waals surface area (Å²) >= 11 is 0. The lowest BCUT2D eigenvalue weighted by atomic mass is 9.94. The maximum Gasteiger partial charge on any atom is 0.433 e. The number of piperidine rings is 1. The fourth-order valence-corrected chi connectivity index (χ4v) is 3.52. The van der Waals surface area contributed by atoms with Crippen molar-refractivity contribution in [2.45, 2.75) is 32.0 Å². The van der Waals surface area contributed by atoms with E-state index in [0.717, 1.165) is 42.9 Å². The van der Waals surface area contributed by atoms with Crippen LogP contribution in [0.2, 0.25) is 0 Å². The molecule has 0 bridgehead atoms. The molecule has 0 N–H and O–H groups in total. The smallest absolute Gasteiger partial charge is 0.338 e. The largest absolute Gasteiger partial charge is 0.433 e. The highest BCUT2D eigenvalue weighted by atomic mass is 19.4. The van der Waals surface area contributed by atoms with Crippen LogP contribution in [0.4, 0.5) is 13.2 Å². The van der Waals surface area contributed by atoms with Crippen molar-refractivity contribution in [1.29, 1.82) is 0 Å². The molecule has 0 amide bonds. The number of hydrogen-bond acceptors (Lipinski definition) is 3. The van der Waals surface area contributed by atoms with Crippen molar-refractivity contribution in [3.8, 4) is 0 Å². The molecule has 1 fully saturated rings. The zero-order valence-corrected chi connectivity index (χ0v) is 13.9. The lowest BCUT2D eigenvalue weighted by Gasteiger charge is -2.32. The minimum absolute atomic E-state index is 0.252. The van der Waals surface area contributed by atoms with Crippen LogP contribution in [0.5, 0.6) is 0 Å². The van der Waals surface area contributed by atoms with Gasteiger partial charge in [-0.05, 0) is 25.3 Å². The van der Waals surface area contributed by atoms with Crippen molar-refractivity contribution in [1.82, 2.24) is 24.2 Å². The third kappa shape index (κ3) is 3.63. The van der Waals surface area contributed by atoms with Crippen molar-refractivity contribution < 1.29 is 13.2 Å². The van der Waals surface area contributed by atoms with E-state index in [-0.39, 0.29) is 5.56 Å². The average molecular weight is 341 g/mol. The summed E-state index contributed by atoms with van der Waals surface area (Å²) in [5.41, 5.74) is -0.392. The number of likely N-dealkylation sites (tertiary alicyclic amines) is 1. The van der Waals surface area contributed by atoms with Gasteiger partial charge < -0.3 is 4.57 Å². The van der Waals surface area contributed by atoms with Crippen LogP contribution in [-0.4, -0.2) is 37.3 Å². The van der Waals surface area contributed by atoms with Gasteiger partial charge in [0.25, 0.3) is 0 Å². The molecule has 5 nitrogen and oxygen atoms in total. The molecule has 2 aromatic heterocycles. The summed E-state index contributed by atoms with van der Waals surface area (Å²) in [6, 6.07) is 0. The summed E-state index contributed by atoms with van der Waals surface area (Å²) in [4.78, 5) is 6.45. The van der Waals surface area contributed by atoms with E-state index in [9.17, 15) is 13.2 Å². The van der Waals surface area contributed by atoms with Crippen LogP contribution in [0.15, 0.2) is 18.6 Å². The summed E-state index contributed by atoms with van der Waals surface area (Å²) in [7, 11) is 3.31. The number of aromatic nitrogens is 4. The second kappa shape index (κ2) is 6.58. The van der Waals surface area contributed by atoms with Crippen molar-refractivity contribution in [2.75, 3.05) is 13.1 Å². The summed E-state index contributed by atoms with van der Waals surface area (Å²) in [5, 5.41) is 3.80. The Balaban J connectivity index is 1.67. The van der Waals surface area contributed by atoms with E-state index in [4.69, 9.17) is 0 Å². The van der Waals surface area contributed by atoms with E-state index in [0.29, 0.717) is 12.5 Å². The van der Waals surface area contributed by atoms with Crippen LogP contribution in [0.25, 0.3) is 0 Å². The van der Waals surface area contributed by atoms with Crippen molar-refractivity contribution in [3.05, 3.63) is 35.7 Å². The standard InChI is InChI=1S/C16H22F3N5/c1-22-7-5-20-14(22)8-12-4-3-6-24(10-12)11-13-9-21-23(2)15(13)16(17,18)19/h5,7,9,12H,3-4,6,8,10-11H2,1-2H3/t12-/m1/s1. The number of imidazole rings is 1. The van der Waals surface area contributed by atoms with Crippen molar-refractivity contribution in [2.24, 2.45) is 20.0 Å². The number of aryl methyl sites for hydroxylation is 2. The zero-order valence-electron chi connectivity index (χ0n) is 13.9. The normalized spacial score (nSPS) is 19.8. The Bertz CT molecular complexity index is 688. The van der Waals surface area contributed by atoms with Crippen LogP contribution in [0, 0.1) is 5.92 Å². The maximum atomic E-state index is 13.2. The molecule has 0 radical (unpaired) electrons. The molecule has 3 heterocycles. The number of alkyl halides is 3. The molecule has 0 spiro atoms. The zero-order chi connectivity index (χ0) is 17.3. The average Bonchev–Trinajstić information content (AvgIpc) is 3.05. The number of hydrogen-bond donors (Lipinski definition) is 0. The third-order valence-corrected chi connectivity index (χ3v) is 4.67. The van der Waals surface area contributed by atoms with Crippen LogP contribution in [-0.2, 0) is 33.2 Å². The van der Waals surface area contributed by atoms with Crippen molar-refractivity contribution in [3.63, 3.8) is 0 Å². The van der Waals surface area contributed by atoms with Gasteiger partial charge in [-0.1, -0.05) is 0 Å². The highest BCUT2D eigenvalue weighted by Gasteiger charge is 2.37. The van der Waals surface area contributed by atoms with Gasteiger partial charge in [-0.2, -0.15) is 18.3 Å². The van der Waals surface area contributed by atoms with Gasteiger partial charge in [-0.15, -0.1) is 0 Å². The summed E-state index contributed by atoms with van der Waals surface area (Å²) < 4.78 is 42.5. The number of nitrogens with zero attached hydrogens (tertiary/aromatic N) is 5. The summed E-state index contributed by atoms with van der Waals surface area (Å²) in [6.45, 7) is 1.90. The lowest BCUT2D eigenvalue weighted by Crippen LogP contribution is -2.36. The molecule has 1 aliphatic heterocycles. The van der Waals surface area contributed by atoms with Crippen molar-refractivity contribution >= 4 is 0 Å². The molecule has 3 rings (SSSR count). The van der Waals surface area contributed by atoms with E-state index >= 15 is 0 Å². The first-order chi connectivity index (χ1) is 11.3. The molecule has 2 aromatic rings. The highest BCUT2D eigenvalue weighted by Crippen LogP contribution is 2.32. The van der Waals surface area contributed by atoms with Crippen LogP contribution >= 0.6 is 0 Å². The SMILES string of the molecule is Cn1ccnc1C[C@H]1CCCN(Cc2cnn(C)c2C(F)(F)F)C1. The third-order valence-electron chi connectivity index (χ3n) is 4.67. The van der Waals surface area contributed by atoms with E-state index in [1.165, 1.54) is 13.2 Å². The topological polar surface area (TPSA) is 38.9 Å². The molecule has 8 heteroatoms. The Kier molecular flexibility index (Phi) is 4.67. The Labute approximate surface area is 139 Å². The van der Waals surface area contributed by atoms with Crippen LogP contribution in [0.3, 0.4) is 0 Å². The molecule has 1 aliphatic rings. The first-order valence-corrected chi connectivity index (χ1v) is 8.11. The summed E-state index contributed by atoms with van der Waals surface area (Å²) in [5.74, 6) is 1.45. The number of rotatable bonds is 4. The fraction of sp³-hybridized carbons (Fsp3) is 0.625. The van der Waals surface area contributed by atoms with E-state index in [1.807, 2.05) is 17.8 Å². The second-order valence-electron chi connectivity index (χ2n) is 6.54. The van der Waals surface area contributed by atoms with Crippen LogP contribution in [0.1, 0.15) is 29.9 Å². The van der Waals surface area contributed by atoms with Gasteiger partial charge in [0.15, 0.2) is 0 Å². The van der Waals surface area contributed by atoms with Gasteiger partial charge in [-0.3, -0.25) is 9.58 Å². The predicted molar refractivity (Wildman–Crippen MR) is 83.1 cm³/mol. The monoisotopic (exact) mass is 341 g/mol. The molecule has 24 heavy (non-hydrogen) atoms. The fourth-order valence-electron chi connectivity index (χ4n) is 3.52. The second-order valence-corrected chi connectivity index (χ2v) is 6.54. The van der Waals surface area contributed by atoms with E-state index < -0.39 is 11.9 Å². The van der Waals surface area contributed by atoms with Gasteiger partial charge in [0.1, 0.15) is 11.5 Å². The lowest BCUT2D eigenvalue weighted by molar-refractivity contribution is -0.144. The molecule has 0 saturated carbocycles. The van der Waals surface area contributed by atoms with Gasteiger partial charge in [0, 0.05) is 51.6 Å². The molecular weight excluding hydrogens is 319 g/mol. The Morgan fingerprint density at radius 1 is 1.29 bits per heavy atom. The maximum absolute atomic E-state index is 13.2. The molecule has 1 saturated heterocycles. The van der Waals surface area contributed by atoms with Crippen LogP contribution < -0.4 is 0 Å². The van der Waals surface area contributed by atoms with Gasteiger partial charge >= 0.3 is 6.18 Å². The molecule has 0 aliphatic carbocycles. The van der Waals surface area contributed by atoms with Gasteiger partial charge in [-0.25, -0.2) is 4.98 Å². The van der Waals surface area contributed by atoms with E-state index in [1.54, 1.807) is 6.20 Å². The molecular formula is C16H22F3N5. The Morgan fingerprint density at radius 3 is 2.75 bits per heavy atom. The first-order valence-electron chi connectivity index (χ1n) is 8.11. The summed E-state index contributed by atoms with van der Waals surface area (Å²) in [6.07, 6.45) is 3.61. The quantitative estimate of drug-likeness (QED) is 0.858. The number of halogens is 3. The molecule has 132 valence electrons. The molecule has 0 aromatic carbocycles. The Morgan fingerprint density at radius 2 is 2.08 bits per heavy atom. The predicted octanol–water partition coefficient (Wildman–Crippen LogP) is 2.63. The molecule has 0 unspecified atom stereocenters. The first kappa shape index (κ1) is 17.0. The molecule has 1 atom stereocenters. The van der Waals surface area contributed by atoms with E-state index in [2.05, 4.69) is 15.0 Å². The minimum atomic E-state index is -4.37.